The Hall–Kier alpha value is -0.630. The van der Waals surface area contributed by atoms with Gasteiger partial charge in [-0.15, -0.1) is 0 Å². The third kappa shape index (κ3) is 3.62. The first-order chi connectivity index (χ1) is 6.38. The van der Waals surface area contributed by atoms with Gasteiger partial charge in [0.05, 0.1) is 0 Å². The summed E-state index contributed by atoms with van der Waals surface area (Å²) in [5.41, 5.74) is 0.854. The van der Waals surface area contributed by atoms with Crippen molar-refractivity contribution in [2.24, 2.45) is 5.41 Å². The molecule has 1 nitrogen and oxygen atoms in total. The van der Waals surface area contributed by atoms with Gasteiger partial charge in [0.1, 0.15) is 0 Å². The molecule has 0 atom stereocenters. The number of rotatable bonds is 2. The van der Waals surface area contributed by atoms with Crippen LogP contribution in [0.2, 0.25) is 0 Å². The Bertz CT molecular complexity index is 319. The molecule has 0 saturated carbocycles. The predicted octanol–water partition coefficient (Wildman–Crippen LogP) is 4.07. The van der Waals surface area contributed by atoms with E-state index in [4.69, 9.17) is 0 Å². The molecule has 0 amide bonds. The van der Waals surface area contributed by atoms with Crippen molar-refractivity contribution in [2.45, 2.75) is 27.2 Å². The van der Waals surface area contributed by atoms with Crippen LogP contribution >= 0.6 is 15.9 Å². The van der Waals surface area contributed by atoms with Gasteiger partial charge in [-0.25, -0.2) is 0 Å². The highest BCUT2D eigenvalue weighted by molar-refractivity contribution is 9.10. The van der Waals surface area contributed by atoms with Gasteiger partial charge in [-0.05, 0) is 17.5 Å². The molecule has 0 heterocycles. The SMILES string of the molecule is CC(C)(C)CC(=O)c1ccc(Br)cc1. The molecule has 1 aromatic carbocycles. The standard InChI is InChI=1S/C12H15BrO/c1-12(2,3)8-11(14)9-4-6-10(13)7-5-9/h4-7H,8H2,1-3H3. The Kier molecular flexibility index (Phi) is 3.48. The molecule has 1 aromatic rings. The zero-order valence-electron chi connectivity index (χ0n) is 8.80. The van der Waals surface area contributed by atoms with Gasteiger partial charge in [-0.3, -0.25) is 4.79 Å². The maximum Gasteiger partial charge on any atom is 0.163 e. The summed E-state index contributed by atoms with van der Waals surface area (Å²) in [6.45, 7) is 6.22. The van der Waals surface area contributed by atoms with E-state index in [0.29, 0.717) is 6.42 Å². The van der Waals surface area contributed by atoms with Gasteiger partial charge in [0.15, 0.2) is 5.78 Å². The minimum atomic E-state index is 0.0597. The third-order valence-electron chi connectivity index (χ3n) is 1.86. The van der Waals surface area contributed by atoms with Crippen molar-refractivity contribution < 1.29 is 4.79 Å². The fraction of sp³-hybridized carbons (Fsp3) is 0.417. The molecule has 0 radical (unpaired) electrons. The van der Waals surface area contributed by atoms with E-state index in [1.165, 1.54) is 0 Å². The molecule has 2 heteroatoms. The van der Waals surface area contributed by atoms with E-state index in [1.807, 2.05) is 24.3 Å². The molecule has 76 valence electrons. The average molecular weight is 255 g/mol. The van der Waals surface area contributed by atoms with Crippen LogP contribution in [-0.2, 0) is 0 Å². The van der Waals surface area contributed by atoms with Crippen LogP contribution in [0.5, 0.6) is 0 Å². The number of carbonyl (C=O) groups excluding carboxylic acids is 1. The van der Waals surface area contributed by atoms with Gasteiger partial charge < -0.3 is 0 Å². The fourth-order valence-corrected chi connectivity index (χ4v) is 1.48. The van der Waals surface area contributed by atoms with Crippen LogP contribution in [0, 0.1) is 5.41 Å². The number of halogens is 1. The molecule has 14 heavy (non-hydrogen) atoms. The fourth-order valence-electron chi connectivity index (χ4n) is 1.22. The maximum atomic E-state index is 11.8. The first kappa shape index (κ1) is 11.4. The molecule has 0 aliphatic rings. The summed E-state index contributed by atoms with van der Waals surface area (Å²) in [7, 11) is 0. The van der Waals surface area contributed by atoms with Gasteiger partial charge in [0.2, 0.25) is 0 Å². The number of carbonyl (C=O) groups is 1. The highest BCUT2D eigenvalue weighted by Gasteiger charge is 2.16. The molecule has 0 unspecified atom stereocenters. The van der Waals surface area contributed by atoms with Crippen LogP contribution in [0.1, 0.15) is 37.6 Å². The molecule has 0 saturated heterocycles. The van der Waals surface area contributed by atoms with Gasteiger partial charge in [0, 0.05) is 16.5 Å². The third-order valence-corrected chi connectivity index (χ3v) is 2.39. The summed E-state index contributed by atoms with van der Waals surface area (Å²) >= 11 is 3.34. The van der Waals surface area contributed by atoms with Crippen molar-refractivity contribution in [2.75, 3.05) is 0 Å². The highest BCUT2D eigenvalue weighted by atomic mass is 79.9. The molecule has 0 N–H and O–H groups in total. The molecule has 0 bridgehead atoms. The van der Waals surface area contributed by atoms with Crippen LogP contribution in [-0.4, -0.2) is 5.78 Å². The average Bonchev–Trinajstić information content (AvgIpc) is 2.02. The number of hydrogen-bond donors (Lipinski definition) is 0. The summed E-state index contributed by atoms with van der Waals surface area (Å²) in [6.07, 6.45) is 0.592. The van der Waals surface area contributed by atoms with Crippen molar-refractivity contribution in [3.63, 3.8) is 0 Å². The molecular formula is C12H15BrO. The lowest BCUT2D eigenvalue weighted by molar-refractivity contribution is 0.0940. The largest absolute Gasteiger partial charge is 0.294 e. The summed E-state index contributed by atoms with van der Waals surface area (Å²) in [4.78, 5) is 11.8. The lowest BCUT2D eigenvalue weighted by atomic mass is 9.88. The number of Topliss-reactive ketones (excluding diaryl/α,β-unsaturated/α-hetero) is 1. The van der Waals surface area contributed by atoms with E-state index in [9.17, 15) is 4.79 Å². The number of benzene rings is 1. The molecule has 0 aromatic heterocycles. The normalized spacial score (nSPS) is 11.4. The monoisotopic (exact) mass is 254 g/mol. The van der Waals surface area contributed by atoms with Crippen LogP contribution in [0.3, 0.4) is 0 Å². The van der Waals surface area contributed by atoms with Crippen LogP contribution in [0.4, 0.5) is 0 Å². The Labute approximate surface area is 93.7 Å². The van der Waals surface area contributed by atoms with E-state index in [1.54, 1.807) is 0 Å². The van der Waals surface area contributed by atoms with Gasteiger partial charge >= 0.3 is 0 Å². The number of ketones is 1. The zero-order valence-corrected chi connectivity index (χ0v) is 10.4. The summed E-state index contributed by atoms with van der Waals surface area (Å²) in [5.74, 6) is 0.213. The smallest absolute Gasteiger partial charge is 0.163 e. The molecule has 0 aliphatic heterocycles. The van der Waals surface area contributed by atoms with Crippen molar-refractivity contribution in [1.82, 2.24) is 0 Å². The van der Waals surface area contributed by atoms with Crippen molar-refractivity contribution in [3.05, 3.63) is 34.3 Å². The minimum Gasteiger partial charge on any atom is -0.294 e. The Balaban J connectivity index is 2.76. The quantitative estimate of drug-likeness (QED) is 0.728. The first-order valence-electron chi connectivity index (χ1n) is 4.67. The van der Waals surface area contributed by atoms with Crippen LogP contribution in [0.15, 0.2) is 28.7 Å². The molecule has 1 rings (SSSR count). The minimum absolute atomic E-state index is 0.0597. The summed E-state index contributed by atoms with van der Waals surface area (Å²) in [5, 5.41) is 0. The van der Waals surface area contributed by atoms with Gasteiger partial charge in [0.25, 0.3) is 0 Å². The Morgan fingerprint density at radius 3 is 2.14 bits per heavy atom. The van der Waals surface area contributed by atoms with E-state index >= 15 is 0 Å². The van der Waals surface area contributed by atoms with Gasteiger partial charge in [-0.2, -0.15) is 0 Å². The molecule has 0 spiro atoms. The second-order valence-electron chi connectivity index (χ2n) is 4.67. The van der Waals surface area contributed by atoms with E-state index in [0.717, 1.165) is 10.0 Å². The molecule has 0 aliphatic carbocycles. The lowest BCUT2D eigenvalue weighted by Crippen LogP contribution is -2.12. The number of hydrogen-bond acceptors (Lipinski definition) is 1. The van der Waals surface area contributed by atoms with E-state index in [-0.39, 0.29) is 11.2 Å². The van der Waals surface area contributed by atoms with Crippen molar-refractivity contribution in [1.29, 1.82) is 0 Å². The van der Waals surface area contributed by atoms with Crippen molar-refractivity contribution >= 4 is 21.7 Å². The second kappa shape index (κ2) is 4.26. The molecule has 0 fully saturated rings. The van der Waals surface area contributed by atoms with Crippen LogP contribution in [0.25, 0.3) is 0 Å². The Morgan fingerprint density at radius 2 is 1.71 bits per heavy atom. The highest BCUT2D eigenvalue weighted by Crippen LogP contribution is 2.22. The van der Waals surface area contributed by atoms with E-state index < -0.39 is 0 Å². The lowest BCUT2D eigenvalue weighted by Gasteiger charge is -2.16. The summed E-state index contributed by atoms with van der Waals surface area (Å²) in [6, 6.07) is 7.52. The summed E-state index contributed by atoms with van der Waals surface area (Å²) < 4.78 is 1.00. The van der Waals surface area contributed by atoms with E-state index in [2.05, 4.69) is 36.7 Å². The molecular weight excluding hydrogens is 240 g/mol. The second-order valence-corrected chi connectivity index (χ2v) is 5.58. The van der Waals surface area contributed by atoms with Crippen molar-refractivity contribution in [3.8, 4) is 0 Å². The topological polar surface area (TPSA) is 17.1 Å². The first-order valence-corrected chi connectivity index (χ1v) is 5.46. The van der Waals surface area contributed by atoms with Gasteiger partial charge in [-0.1, -0.05) is 48.8 Å². The zero-order chi connectivity index (χ0) is 10.8. The Morgan fingerprint density at radius 1 is 1.21 bits per heavy atom. The maximum absolute atomic E-state index is 11.8. The van der Waals surface area contributed by atoms with Crippen LogP contribution < -0.4 is 0 Å². The predicted molar refractivity (Wildman–Crippen MR) is 62.5 cm³/mol.